The Labute approximate surface area is 141 Å². The molecule has 0 saturated heterocycles. The van der Waals surface area contributed by atoms with Gasteiger partial charge in [-0.3, -0.25) is 4.72 Å². The Morgan fingerprint density at radius 1 is 1.08 bits per heavy atom. The predicted octanol–water partition coefficient (Wildman–Crippen LogP) is 2.88. The highest BCUT2D eigenvalue weighted by molar-refractivity contribution is 7.92. The van der Waals surface area contributed by atoms with E-state index < -0.39 is 22.6 Å². The molecule has 128 valence electrons. The van der Waals surface area contributed by atoms with Crippen LogP contribution >= 0.6 is 0 Å². The number of carboxylic acid groups (broad SMARTS) is 1. The highest BCUT2D eigenvalue weighted by atomic mass is 32.2. The second-order valence-electron chi connectivity index (χ2n) is 5.59. The number of sulfonamides is 1. The first-order chi connectivity index (χ1) is 11.2. The zero-order valence-corrected chi connectivity index (χ0v) is 14.5. The SMILES string of the molecule is Cc1cc(C)cc(NS(=O)(=O)c2ccc(OCC(=O)O)c(C)c2)c1. The Balaban J connectivity index is 2.25. The molecule has 24 heavy (non-hydrogen) atoms. The topological polar surface area (TPSA) is 92.7 Å². The van der Waals surface area contributed by atoms with Crippen LogP contribution in [0, 0.1) is 20.8 Å². The summed E-state index contributed by atoms with van der Waals surface area (Å²) in [6.07, 6.45) is 0. The number of carbonyl (C=O) groups is 1. The van der Waals surface area contributed by atoms with E-state index in [0.717, 1.165) is 11.1 Å². The maximum absolute atomic E-state index is 12.5. The summed E-state index contributed by atoms with van der Waals surface area (Å²) in [4.78, 5) is 10.6. The van der Waals surface area contributed by atoms with E-state index in [2.05, 4.69) is 4.72 Å². The monoisotopic (exact) mass is 349 g/mol. The van der Waals surface area contributed by atoms with Crippen LogP contribution < -0.4 is 9.46 Å². The first-order valence-corrected chi connectivity index (χ1v) is 8.72. The van der Waals surface area contributed by atoms with Gasteiger partial charge in [-0.25, -0.2) is 13.2 Å². The third-order valence-electron chi connectivity index (χ3n) is 3.28. The predicted molar refractivity (Wildman–Crippen MR) is 91.0 cm³/mol. The molecule has 0 spiro atoms. The lowest BCUT2D eigenvalue weighted by atomic mass is 10.1. The quantitative estimate of drug-likeness (QED) is 0.836. The summed E-state index contributed by atoms with van der Waals surface area (Å²) in [7, 11) is -3.74. The highest BCUT2D eigenvalue weighted by Crippen LogP contribution is 2.24. The summed E-state index contributed by atoms with van der Waals surface area (Å²) in [5.74, 6) is -0.759. The number of aliphatic carboxylic acids is 1. The molecular weight excluding hydrogens is 330 g/mol. The van der Waals surface area contributed by atoms with Crippen LogP contribution in [0.3, 0.4) is 0 Å². The molecule has 0 fully saturated rings. The molecule has 0 aromatic heterocycles. The van der Waals surface area contributed by atoms with E-state index in [9.17, 15) is 13.2 Å². The van der Waals surface area contributed by atoms with Crippen molar-refractivity contribution in [2.24, 2.45) is 0 Å². The Morgan fingerprint density at radius 3 is 2.25 bits per heavy atom. The molecule has 0 unspecified atom stereocenters. The number of hydrogen-bond donors (Lipinski definition) is 2. The molecular formula is C17H19NO5S. The molecule has 0 saturated carbocycles. The van der Waals surface area contributed by atoms with Crippen molar-refractivity contribution in [1.29, 1.82) is 0 Å². The van der Waals surface area contributed by atoms with Crippen molar-refractivity contribution in [2.45, 2.75) is 25.7 Å². The van der Waals surface area contributed by atoms with E-state index in [1.165, 1.54) is 18.2 Å². The van der Waals surface area contributed by atoms with Gasteiger partial charge in [0.05, 0.1) is 4.90 Å². The second kappa shape index (κ2) is 6.92. The number of anilines is 1. The Bertz CT molecular complexity index is 854. The maximum Gasteiger partial charge on any atom is 0.341 e. The number of benzene rings is 2. The maximum atomic E-state index is 12.5. The van der Waals surface area contributed by atoms with Gasteiger partial charge in [-0.15, -0.1) is 0 Å². The third-order valence-corrected chi connectivity index (χ3v) is 4.66. The summed E-state index contributed by atoms with van der Waals surface area (Å²) in [6, 6.07) is 9.74. The number of nitrogens with one attached hydrogen (secondary N) is 1. The van der Waals surface area contributed by atoms with Crippen molar-refractivity contribution in [3.63, 3.8) is 0 Å². The number of hydrogen-bond acceptors (Lipinski definition) is 4. The fourth-order valence-corrected chi connectivity index (χ4v) is 3.46. The minimum atomic E-state index is -3.74. The van der Waals surface area contributed by atoms with Gasteiger partial charge < -0.3 is 9.84 Å². The van der Waals surface area contributed by atoms with Crippen molar-refractivity contribution in [3.8, 4) is 5.75 Å². The summed E-state index contributed by atoms with van der Waals surface area (Å²) in [5.41, 5.74) is 2.96. The van der Waals surface area contributed by atoms with Crippen LogP contribution in [0.4, 0.5) is 5.69 Å². The lowest BCUT2D eigenvalue weighted by Gasteiger charge is -2.12. The zero-order valence-electron chi connectivity index (χ0n) is 13.7. The minimum Gasteiger partial charge on any atom is -0.482 e. The molecule has 2 rings (SSSR count). The second-order valence-corrected chi connectivity index (χ2v) is 7.27. The molecule has 0 atom stereocenters. The van der Waals surface area contributed by atoms with Gasteiger partial charge in [0.1, 0.15) is 5.75 Å². The molecule has 0 amide bonds. The van der Waals surface area contributed by atoms with Gasteiger partial charge in [-0.2, -0.15) is 0 Å². The van der Waals surface area contributed by atoms with Gasteiger partial charge in [-0.1, -0.05) is 6.07 Å². The normalized spacial score (nSPS) is 11.1. The molecule has 0 aliphatic carbocycles. The van der Waals surface area contributed by atoms with Crippen LogP contribution in [-0.2, 0) is 14.8 Å². The number of carboxylic acids is 1. The molecule has 7 heteroatoms. The third kappa shape index (κ3) is 4.48. The van der Waals surface area contributed by atoms with E-state index in [-0.39, 0.29) is 4.90 Å². The molecule has 0 bridgehead atoms. The Kier molecular flexibility index (Phi) is 5.14. The van der Waals surface area contributed by atoms with E-state index in [4.69, 9.17) is 9.84 Å². The molecule has 0 aliphatic rings. The van der Waals surface area contributed by atoms with Crippen LogP contribution in [0.15, 0.2) is 41.3 Å². The first kappa shape index (κ1) is 17.8. The Hall–Kier alpha value is -2.54. The van der Waals surface area contributed by atoms with Crippen molar-refractivity contribution >= 4 is 21.7 Å². The fraction of sp³-hybridized carbons (Fsp3) is 0.235. The van der Waals surface area contributed by atoms with E-state index in [1.807, 2.05) is 19.9 Å². The van der Waals surface area contributed by atoms with Crippen molar-refractivity contribution in [3.05, 3.63) is 53.1 Å². The molecule has 2 aromatic rings. The molecule has 0 radical (unpaired) electrons. The largest absolute Gasteiger partial charge is 0.482 e. The summed E-state index contributed by atoms with van der Waals surface area (Å²) in [6.45, 7) is 4.97. The lowest BCUT2D eigenvalue weighted by Crippen LogP contribution is -2.14. The molecule has 6 nitrogen and oxygen atoms in total. The van der Waals surface area contributed by atoms with Gasteiger partial charge in [0.15, 0.2) is 6.61 Å². The summed E-state index contributed by atoms with van der Waals surface area (Å²) < 4.78 is 32.7. The van der Waals surface area contributed by atoms with Gasteiger partial charge in [0.25, 0.3) is 10.0 Å². The molecule has 0 aliphatic heterocycles. The van der Waals surface area contributed by atoms with E-state index in [0.29, 0.717) is 17.0 Å². The number of ether oxygens (including phenoxy) is 1. The van der Waals surface area contributed by atoms with Crippen LogP contribution in [0.5, 0.6) is 5.75 Å². The molecule has 0 heterocycles. The van der Waals surface area contributed by atoms with Gasteiger partial charge in [0, 0.05) is 5.69 Å². The van der Waals surface area contributed by atoms with Crippen molar-refractivity contribution < 1.29 is 23.1 Å². The standard InChI is InChI=1S/C17H19NO5S/c1-11-6-12(2)8-14(7-11)18-24(21,22)15-4-5-16(13(3)9-15)23-10-17(19)20/h4-9,18H,10H2,1-3H3,(H,19,20). The molecule has 2 N–H and O–H groups in total. The van der Waals surface area contributed by atoms with Crippen molar-refractivity contribution in [1.82, 2.24) is 0 Å². The zero-order chi connectivity index (χ0) is 17.9. The minimum absolute atomic E-state index is 0.0850. The summed E-state index contributed by atoms with van der Waals surface area (Å²) >= 11 is 0. The van der Waals surface area contributed by atoms with Gasteiger partial charge in [-0.05, 0) is 67.8 Å². The summed E-state index contributed by atoms with van der Waals surface area (Å²) in [5, 5.41) is 8.63. The van der Waals surface area contributed by atoms with Crippen LogP contribution in [0.1, 0.15) is 16.7 Å². The van der Waals surface area contributed by atoms with Gasteiger partial charge >= 0.3 is 5.97 Å². The van der Waals surface area contributed by atoms with Crippen LogP contribution in [0.25, 0.3) is 0 Å². The van der Waals surface area contributed by atoms with E-state index >= 15 is 0 Å². The van der Waals surface area contributed by atoms with E-state index in [1.54, 1.807) is 19.1 Å². The molecule has 2 aromatic carbocycles. The van der Waals surface area contributed by atoms with Crippen molar-refractivity contribution in [2.75, 3.05) is 11.3 Å². The Morgan fingerprint density at radius 2 is 1.71 bits per heavy atom. The average Bonchev–Trinajstić information content (AvgIpc) is 2.44. The fourth-order valence-electron chi connectivity index (χ4n) is 2.34. The number of aryl methyl sites for hydroxylation is 3. The van der Waals surface area contributed by atoms with Gasteiger partial charge in [0.2, 0.25) is 0 Å². The van der Waals surface area contributed by atoms with Crippen LogP contribution in [-0.4, -0.2) is 26.1 Å². The number of rotatable bonds is 6. The average molecular weight is 349 g/mol. The lowest BCUT2D eigenvalue weighted by molar-refractivity contribution is -0.139. The highest BCUT2D eigenvalue weighted by Gasteiger charge is 2.16. The first-order valence-electron chi connectivity index (χ1n) is 7.24. The smallest absolute Gasteiger partial charge is 0.341 e. The van der Waals surface area contributed by atoms with Crippen LogP contribution in [0.2, 0.25) is 0 Å².